The number of benzene rings is 1. The molecule has 1 aliphatic carbocycles. The summed E-state index contributed by atoms with van der Waals surface area (Å²) in [6.45, 7) is 0.220. The molecule has 3 rings (SSSR count). The van der Waals surface area contributed by atoms with E-state index >= 15 is 0 Å². The maximum atomic E-state index is 12.1. The summed E-state index contributed by atoms with van der Waals surface area (Å²) >= 11 is 0. The number of carbonyl (C=O) groups is 1. The Morgan fingerprint density at radius 3 is 2.95 bits per heavy atom. The summed E-state index contributed by atoms with van der Waals surface area (Å²) in [5.74, 6) is -0.209. The zero-order valence-corrected chi connectivity index (χ0v) is 11.7. The number of pyridine rings is 1. The molecule has 0 bridgehead atoms. The fourth-order valence-corrected chi connectivity index (χ4v) is 2.91. The average molecular weight is 282 g/mol. The number of aromatic nitrogens is 1. The molecule has 4 heteroatoms. The maximum absolute atomic E-state index is 12.1. The second-order valence-electron chi connectivity index (χ2n) is 5.47. The van der Waals surface area contributed by atoms with E-state index < -0.39 is 5.60 Å². The Hall–Kier alpha value is -2.20. The maximum Gasteiger partial charge on any atom is 0.252 e. The Bertz CT molecular complexity index is 642. The number of rotatable bonds is 3. The molecule has 0 aliphatic heterocycles. The van der Waals surface area contributed by atoms with Crippen molar-refractivity contribution in [2.45, 2.75) is 24.9 Å². The van der Waals surface area contributed by atoms with Crippen molar-refractivity contribution in [3.8, 4) is 0 Å². The summed E-state index contributed by atoms with van der Waals surface area (Å²) < 4.78 is 0. The van der Waals surface area contributed by atoms with E-state index in [9.17, 15) is 9.90 Å². The van der Waals surface area contributed by atoms with E-state index in [-0.39, 0.29) is 12.5 Å². The van der Waals surface area contributed by atoms with Gasteiger partial charge < -0.3 is 10.4 Å². The topological polar surface area (TPSA) is 62.2 Å². The van der Waals surface area contributed by atoms with Gasteiger partial charge in [-0.25, -0.2) is 0 Å². The zero-order valence-electron chi connectivity index (χ0n) is 11.7. The molecule has 1 atom stereocenters. The number of fused-ring (bicyclic) bond motifs is 1. The minimum absolute atomic E-state index is 0.209. The summed E-state index contributed by atoms with van der Waals surface area (Å²) in [5.41, 5.74) is 1.63. The van der Waals surface area contributed by atoms with Crippen LogP contribution in [0.2, 0.25) is 0 Å². The largest absolute Gasteiger partial charge is 0.383 e. The van der Waals surface area contributed by atoms with Crippen molar-refractivity contribution in [1.29, 1.82) is 0 Å². The van der Waals surface area contributed by atoms with Crippen LogP contribution in [0.3, 0.4) is 0 Å². The molecule has 108 valence electrons. The third-order valence-electron chi connectivity index (χ3n) is 4.02. The second kappa shape index (κ2) is 5.66. The quantitative estimate of drug-likeness (QED) is 0.905. The smallest absolute Gasteiger partial charge is 0.252 e. The first-order valence-electron chi connectivity index (χ1n) is 7.18. The lowest BCUT2D eigenvalue weighted by atomic mass is 9.79. The lowest BCUT2D eigenvalue weighted by molar-refractivity contribution is 0.0189. The number of nitrogens with zero attached hydrogens (tertiary/aromatic N) is 1. The van der Waals surface area contributed by atoms with Crippen LogP contribution in [0.4, 0.5) is 0 Å². The summed E-state index contributed by atoms with van der Waals surface area (Å²) in [5, 5.41) is 13.7. The van der Waals surface area contributed by atoms with Crippen molar-refractivity contribution in [3.63, 3.8) is 0 Å². The van der Waals surface area contributed by atoms with Crippen LogP contribution in [0.5, 0.6) is 0 Å². The fraction of sp³-hybridized carbons (Fsp3) is 0.294. The van der Waals surface area contributed by atoms with Crippen molar-refractivity contribution >= 4 is 5.91 Å². The number of hydrogen-bond donors (Lipinski definition) is 2. The van der Waals surface area contributed by atoms with Gasteiger partial charge in [-0.1, -0.05) is 24.3 Å². The second-order valence-corrected chi connectivity index (χ2v) is 5.47. The summed E-state index contributed by atoms with van der Waals surface area (Å²) in [7, 11) is 0. The van der Waals surface area contributed by atoms with Gasteiger partial charge in [-0.15, -0.1) is 0 Å². The van der Waals surface area contributed by atoms with Gasteiger partial charge in [0.05, 0.1) is 12.1 Å². The fourth-order valence-electron chi connectivity index (χ4n) is 2.91. The highest BCUT2D eigenvalue weighted by molar-refractivity contribution is 5.93. The van der Waals surface area contributed by atoms with Gasteiger partial charge in [-0.05, 0) is 42.5 Å². The molecular weight excluding hydrogens is 264 g/mol. The van der Waals surface area contributed by atoms with Crippen molar-refractivity contribution in [2.75, 3.05) is 6.54 Å². The minimum atomic E-state index is -0.979. The molecule has 2 aromatic rings. The van der Waals surface area contributed by atoms with Crippen LogP contribution in [0.25, 0.3) is 0 Å². The minimum Gasteiger partial charge on any atom is -0.383 e. The van der Waals surface area contributed by atoms with Crippen molar-refractivity contribution < 1.29 is 9.90 Å². The van der Waals surface area contributed by atoms with Gasteiger partial charge in [0, 0.05) is 12.4 Å². The Morgan fingerprint density at radius 1 is 1.29 bits per heavy atom. The number of nitrogens with one attached hydrogen (secondary N) is 1. The number of aryl methyl sites for hydroxylation is 1. The first-order valence-corrected chi connectivity index (χ1v) is 7.18. The van der Waals surface area contributed by atoms with Gasteiger partial charge in [0.2, 0.25) is 0 Å². The summed E-state index contributed by atoms with van der Waals surface area (Å²) in [6, 6.07) is 11.3. The number of aliphatic hydroxyl groups is 1. The van der Waals surface area contributed by atoms with Crippen molar-refractivity contribution in [1.82, 2.24) is 10.3 Å². The van der Waals surface area contributed by atoms with E-state index in [1.807, 2.05) is 24.3 Å². The lowest BCUT2D eigenvalue weighted by Gasteiger charge is -2.34. The van der Waals surface area contributed by atoms with Crippen LogP contribution < -0.4 is 5.32 Å². The molecule has 21 heavy (non-hydrogen) atoms. The number of amides is 1. The van der Waals surface area contributed by atoms with Crippen LogP contribution in [0.15, 0.2) is 48.8 Å². The van der Waals surface area contributed by atoms with Gasteiger partial charge in [-0.3, -0.25) is 9.78 Å². The van der Waals surface area contributed by atoms with Crippen LogP contribution in [-0.4, -0.2) is 22.5 Å². The predicted octanol–water partition coefficient (Wildman–Crippen LogP) is 2.04. The van der Waals surface area contributed by atoms with E-state index in [2.05, 4.69) is 10.3 Å². The molecular formula is C17H18N2O2. The van der Waals surface area contributed by atoms with Crippen LogP contribution in [0, 0.1) is 0 Å². The third-order valence-corrected chi connectivity index (χ3v) is 4.02. The molecule has 1 heterocycles. The molecule has 0 spiro atoms. The van der Waals surface area contributed by atoms with Gasteiger partial charge in [0.15, 0.2) is 0 Å². The van der Waals surface area contributed by atoms with Crippen LogP contribution in [0.1, 0.15) is 34.3 Å². The Labute approximate surface area is 123 Å². The third kappa shape index (κ3) is 2.81. The van der Waals surface area contributed by atoms with E-state index in [0.29, 0.717) is 12.0 Å². The molecule has 1 aliphatic rings. The number of carbonyl (C=O) groups excluding carboxylic acids is 1. The Morgan fingerprint density at radius 2 is 2.14 bits per heavy atom. The lowest BCUT2D eigenvalue weighted by Crippen LogP contribution is -2.43. The monoisotopic (exact) mass is 282 g/mol. The molecule has 0 fully saturated rings. The normalized spacial score (nSPS) is 20.6. The first-order chi connectivity index (χ1) is 10.2. The van der Waals surface area contributed by atoms with Crippen LogP contribution >= 0.6 is 0 Å². The predicted molar refractivity (Wildman–Crippen MR) is 79.8 cm³/mol. The van der Waals surface area contributed by atoms with E-state index in [0.717, 1.165) is 18.4 Å². The standard InChI is InChI=1S/C17H18N2O2/c20-16(14-7-4-10-18-11-14)19-12-17(21)9-3-6-13-5-1-2-8-15(13)17/h1-2,4-5,7-8,10-11,21H,3,6,9,12H2,(H,19,20). The molecule has 4 nitrogen and oxygen atoms in total. The van der Waals surface area contributed by atoms with Crippen molar-refractivity contribution in [2.24, 2.45) is 0 Å². The van der Waals surface area contributed by atoms with Gasteiger partial charge in [0.1, 0.15) is 5.60 Å². The van der Waals surface area contributed by atoms with Gasteiger partial charge in [-0.2, -0.15) is 0 Å². The van der Waals surface area contributed by atoms with Gasteiger partial charge in [0.25, 0.3) is 5.91 Å². The summed E-state index contributed by atoms with van der Waals surface area (Å²) in [6.07, 6.45) is 5.72. The molecule has 0 saturated heterocycles. The molecule has 1 aromatic heterocycles. The van der Waals surface area contributed by atoms with E-state index in [4.69, 9.17) is 0 Å². The van der Waals surface area contributed by atoms with E-state index in [1.165, 1.54) is 11.8 Å². The molecule has 1 aromatic carbocycles. The Kier molecular flexibility index (Phi) is 3.71. The van der Waals surface area contributed by atoms with Gasteiger partial charge >= 0.3 is 0 Å². The summed E-state index contributed by atoms with van der Waals surface area (Å²) in [4.78, 5) is 16.0. The molecule has 0 saturated carbocycles. The molecule has 0 radical (unpaired) electrons. The number of hydrogen-bond acceptors (Lipinski definition) is 3. The SMILES string of the molecule is O=C(NCC1(O)CCCc2ccccc21)c1cccnc1. The average Bonchev–Trinajstić information content (AvgIpc) is 2.54. The molecule has 1 amide bonds. The highest BCUT2D eigenvalue weighted by Gasteiger charge is 2.34. The zero-order chi connectivity index (χ0) is 14.7. The Balaban J connectivity index is 1.75. The molecule has 2 N–H and O–H groups in total. The highest BCUT2D eigenvalue weighted by atomic mass is 16.3. The molecule has 1 unspecified atom stereocenters. The highest BCUT2D eigenvalue weighted by Crippen LogP contribution is 2.34. The van der Waals surface area contributed by atoms with E-state index in [1.54, 1.807) is 18.3 Å². The van der Waals surface area contributed by atoms with Crippen molar-refractivity contribution in [3.05, 3.63) is 65.5 Å². The first kappa shape index (κ1) is 13.8. The van der Waals surface area contributed by atoms with Crippen LogP contribution in [-0.2, 0) is 12.0 Å².